The van der Waals surface area contributed by atoms with Crippen molar-refractivity contribution in [3.63, 3.8) is 0 Å². The molecule has 5 nitrogen and oxygen atoms in total. The van der Waals surface area contributed by atoms with E-state index < -0.39 is 0 Å². The van der Waals surface area contributed by atoms with Crippen LogP contribution >= 0.6 is 0 Å². The van der Waals surface area contributed by atoms with Crippen LogP contribution in [0.25, 0.3) is 0 Å². The van der Waals surface area contributed by atoms with E-state index in [1.165, 1.54) is 0 Å². The van der Waals surface area contributed by atoms with Gasteiger partial charge >= 0.3 is 0 Å². The van der Waals surface area contributed by atoms with Crippen molar-refractivity contribution in [1.82, 2.24) is 9.88 Å². The Hall–Kier alpha value is -3.65. The first kappa shape index (κ1) is 18.2. The minimum atomic E-state index is -0.107. The van der Waals surface area contributed by atoms with Crippen LogP contribution in [0.15, 0.2) is 73.1 Å². The van der Waals surface area contributed by atoms with Gasteiger partial charge in [0.25, 0.3) is 5.91 Å². The molecule has 3 rings (SSSR count). The van der Waals surface area contributed by atoms with Crippen LogP contribution in [-0.4, -0.2) is 22.8 Å². The van der Waals surface area contributed by atoms with Gasteiger partial charge in [-0.05, 0) is 42.0 Å². The van der Waals surface area contributed by atoms with E-state index in [0.29, 0.717) is 30.0 Å². The van der Waals surface area contributed by atoms with Crippen LogP contribution < -0.4 is 4.74 Å². The van der Waals surface area contributed by atoms with Gasteiger partial charge in [0.05, 0.1) is 11.6 Å². The number of nitriles is 1. The van der Waals surface area contributed by atoms with Gasteiger partial charge in [-0.15, -0.1) is 0 Å². The van der Waals surface area contributed by atoms with Gasteiger partial charge in [0, 0.05) is 37.1 Å². The topological polar surface area (TPSA) is 66.2 Å². The summed E-state index contributed by atoms with van der Waals surface area (Å²) >= 11 is 0. The number of benzene rings is 2. The zero-order chi connectivity index (χ0) is 19.1. The fraction of sp³-hybridized carbons (Fsp3) is 0.136. The molecule has 3 aromatic rings. The van der Waals surface area contributed by atoms with Gasteiger partial charge in [-0.2, -0.15) is 5.26 Å². The highest BCUT2D eigenvalue weighted by atomic mass is 16.5. The molecule has 0 saturated heterocycles. The minimum absolute atomic E-state index is 0.107. The zero-order valence-electron chi connectivity index (χ0n) is 15.0. The van der Waals surface area contributed by atoms with Crippen LogP contribution in [0.4, 0.5) is 0 Å². The van der Waals surface area contributed by atoms with Crippen LogP contribution in [-0.2, 0) is 13.2 Å². The first-order valence-corrected chi connectivity index (χ1v) is 8.52. The SMILES string of the molecule is CN(Cc1cccc(C#N)c1)C(=O)c1cccc(OCc2cccnc2)c1. The second kappa shape index (κ2) is 8.63. The van der Waals surface area contributed by atoms with Crippen molar-refractivity contribution in [1.29, 1.82) is 5.26 Å². The Labute approximate surface area is 158 Å². The zero-order valence-corrected chi connectivity index (χ0v) is 15.0. The third-order valence-electron chi connectivity index (χ3n) is 4.03. The van der Waals surface area contributed by atoms with E-state index in [1.54, 1.807) is 54.7 Å². The predicted molar refractivity (Wildman–Crippen MR) is 102 cm³/mol. The van der Waals surface area contributed by atoms with E-state index in [1.807, 2.05) is 30.3 Å². The van der Waals surface area contributed by atoms with Gasteiger partial charge in [-0.3, -0.25) is 9.78 Å². The fourth-order valence-electron chi connectivity index (χ4n) is 2.67. The van der Waals surface area contributed by atoms with Crippen LogP contribution in [0.5, 0.6) is 5.75 Å². The second-order valence-electron chi connectivity index (χ2n) is 6.15. The maximum atomic E-state index is 12.7. The highest BCUT2D eigenvalue weighted by Crippen LogP contribution is 2.17. The smallest absolute Gasteiger partial charge is 0.254 e. The number of rotatable bonds is 6. The largest absolute Gasteiger partial charge is 0.489 e. The molecule has 0 aliphatic rings. The van der Waals surface area contributed by atoms with Crippen molar-refractivity contribution in [2.45, 2.75) is 13.2 Å². The molecule has 134 valence electrons. The van der Waals surface area contributed by atoms with Crippen molar-refractivity contribution in [3.8, 4) is 11.8 Å². The summed E-state index contributed by atoms with van der Waals surface area (Å²) in [6.07, 6.45) is 3.46. The molecule has 0 bridgehead atoms. The maximum absolute atomic E-state index is 12.7. The number of ether oxygens (including phenoxy) is 1. The van der Waals surface area contributed by atoms with E-state index in [4.69, 9.17) is 10.00 Å². The number of carbonyl (C=O) groups excluding carboxylic acids is 1. The molecule has 0 spiro atoms. The van der Waals surface area contributed by atoms with Crippen molar-refractivity contribution in [2.24, 2.45) is 0 Å². The number of pyridine rings is 1. The number of hydrogen-bond donors (Lipinski definition) is 0. The molecular weight excluding hydrogens is 338 g/mol. The summed E-state index contributed by atoms with van der Waals surface area (Å²) in [7, 11) is 1.74. The van der Waals surface area contributed by atoms with Gasteiger partial charge < -0.3 is 9.64 Å². The van der Waals surface area contributed by atoms with E-state index in [2.05, 4.69) is 11.1 Å². The lowest BCUT2D eigenvalue weighted by Crippen LogP contribution is -2.26. The summed E-state index contributed by atoms with van der Waals surface area (Å²) in [5.41, 5.74) is 3.01. The minimum Gasteiger partial charge on any atom is -0.489 e. The average Bonchev–Trinajstić information content (AvgIpc) is 2.72. The van der Waals surface area contributed by atoms with Gasteiger partial charge in [0.2, 0.25) is 0 Å². The molecule has 1 aromatic heterocycles. The van der Waals surface area contributed by atoms with Gasteiger partial charge in [0.1, 0.15) is 12.4 Å². The summed E-state index contributed by atoms with van der Waals surface area (Å²) in [5.74, 6) is 0.522. The molecule has 0 aliphatic heterocycles. The highest BCUT2D eigenvalue weighted by Gasteiger charge is 2.13. The molecule has 0 aliphatic carbocycles. The monoisotopic (exact) mass is 357 g/mol. The predicted octanol–water partition coefficient (Wildman–Crippen LogP) is 3.80. The molecular formula is C22H19N3O2. The fourth-order valence-corrected chi connectivity index (χ4v) is 2.67. The summed E-state index contributed by atoms with van der Waals surface area (Å²) in [6.45, 7) is 0.817. The summed E-state index contributed by atoms with van der Waals surface area (Å²) in [4.78, 5) is 18.4. The molecule has 0 radical (unpaired) electrons. The van der Waals surface area contributed by atoms with Crippen LogP contribution in [0, 0.1) is 11.3 Å². The highest BCUT2D eigenvalue weighted by molar-refractivity contribution is 5.94. The van der Waals surface area contributed by atoms with E-state index >= 15 is 0 Å². The molecule has 27 heavy (non-hydrogen) atoms. The molecule has 0 unspecified atom stereocenters. The van der Waals surface area contributed by atoms with E-state index in [0.717, 1.165) is 11.1 Å². The lowest BCUT2D eigenvalue weighted by molar-refractivity contribution is 0.0784. The third kappa shape index (κ3) is 4.93. The van der Waals surface area contributed by atoms with E-state index in [9.17, 15) is 4.79 Å². The standard InChI is InChI=1S/C22H19N3O2/c1-25(15-18-6-2-5-17(11-18)13-23)22(26)20-8-3-9-21(12-20)27-16-19-7-4-10-24-14-19/h2-12,14H,15-16H2,1H3. The number of hydrogen-bond acceptors (Lipinski definition) is 4. The maximum Gasteiger partial charge on any atom is 0.254 e. The molecule has 0 saturated carbocycles. The van der Waals surface area contributed by atoms with Gasteiger partial charge in [0.15, 0.2) is 0 Å². The summed E-state index contributed by atoms with van der Waals surface area (Å²) < 4.78 is 5.76. The molecule has 5 heteroatoms. The Kier molecular flexibility index (Phi) is 5.80. The third-order valence-corrected chi connectivity index (χ3v) is 4.03. The van der Waals surface area contributed by atoms with Crippen LogP contribution in [0.3, 0.4) is 0 Å². The van der Waals surface area contributed by atoms with Gasteiger partial charge in [-0.1, -0.05) is 24.3 Å². The Balaban J connectivity index is 1.66. The first-order valence-electron chi connectivity index (χ1n) is 8.52. The molecule has 1 amide bonds. The number of nitrogens with zero attached hydrogens (tertiary/aromatic N) is 3. The van der Waals surface area contributed by atoms with Crippen molar-refractivity contribution >= 4 is 5.91 Å². The second-order valence-corrected chi connectivity index (χ2v) is 6.15. The Morgan fingerprint density at radius 1 is 1.11 bits per heavy atom. The normalized spacial score (nSPS) is 10.1. The van der Waals surface area contributed by atoms with E-state index in [-0.39, 0.29) is 5.91 Å². The van der Waals surface area contributed by atoms with Gasteiger partial charge in [-0.25, -0.2) is 0 Å². The molecule has 0 atom stereocenters. The first-order chi connectivity index (χ1) is 13.2. The molecule has 1 heterocycles. The summed E-state index contributed by atoms with van der Waals surface area (Å²) in [6, 6.07) is 20.3. The average molecular weight is 357 g/mol. The lowest BCUT2D eigenvalue weighted by Gasteiger charge is -2.18. The lowest BCUT2D eigenvalue weighted by atomic mass is 10.1. The number of amides is 1. The Bertz CT molecular complexity index is 965. The van der Waals surface area contributed by atoms with Crippen LogP contribution in [0.1, 0.15) is 27.0 Å². The molecule has 0 N–H and O–H groups in total. The van der Waals surface area contributed by atoms with Crippen LogP contribution in [0.2, 0.25) is 0 Å². The van der Waals surface area contributed by atoms with Crippen molar-refractivity contribution in [3.05, 3.63) is 95.3 Å². The number of aromatic nitrogens is 1. The van der Waals surface area contributed by atoms with Crippen molar-refractivity contribution in [2.75, 3.05) is 7.05 Å². The quantitative estimate of drug-likeness (QED) is 0.673. The van der Waals surface area contributed by atoms with Crippen molar-refractivity contribution < 1.29 is 9.53 Å². The summed E-state index contributed by atoms with van der Waals surface area (Å²) in [5, 5.41) is 9.00. The molecule has 2 aromatic carbocycles. The number of carbonyl (C=O) groups is 1. The Morgan fingerprint density at radius 2 is 1.93 bits per heavy atom. The molecule has 0 fully saturated rings. The Morgan fingerprint density at radius 3 is 2.70 bits per heavy atom.